The molecule has 8 heteroatoms. The minimum atomic E-state index is -0.0808. The van der Waals surface area contributed by atoms with E-state index in [0.29, 0.717) is 29.8 Å². The smallest absolute Gasteiger partial charge is 0.241 e. The molecule has 1 amide bonds. The van der Waals surface area contributed by atoms with Gasteiger partial charge in [-0.2, -0.15) is 4.98 Å². The third-order valence-corrected chi connectivity index (χ3v) is 6.02. The van der Waals surface area contributed by atoms with Gasteiger partial charge in [0, 0.05) is 27.3 Å². The number of nitrogens with zero attached hydrogens (tertiary/aromatic N) is 3. The van der Waals surface area contributed by atoms with Crippen LogP contribution in [-0.4, -0.2) is 34.0 Å². The van der Waals surface area contributed by atoms with Crippen LogP contribution >= 0.6 is 27.5 Å². The summed E-state index contributed by atoms with van der Waals surface area (Å²) in [6.45, 7) is 4.04. The minimum absolute atomic E-state index is 0.0335. The lowest BCUT2D eigenvalue weighted by atomic mass is 9.97. The SMILES string of the molecule is Cc1cc(Cl)ccc1NC(=O)C1CCCN(Cc2nc(-c3ccc(Br)cc3)no2)C1. The average molecular weight is 490 g/mol. The van der Waals surface area contributed by atoms with Gasteiger partial charge in [0.1, 0.15) is 0 Å². The Balaban J connectivity index is 1.37. The Morgan fingerprint density at radius 1 is 1.30 bits per heavy atom. The van der Waals surface area contributed by atoms with Gasteiger partial charge in [-0.1, -0.05) is 32.7 Å². The Morgan fingerprint density at radius 2 is 2.10 bits per heavy atom. The summed E-state index contributed by atoms with van der Waals surface area (Å²) in [6.07, 6.45) is 1.81. The summed E-state index contributed by atoms with van der Waals surface area (Å²) in [5, 5.41) is 7.80. The molecule has 1 aliphatic heterocycles. The standard InChI is InChI=1S/C22H22BrClN4O2/c1-14-11-18(24)8-9-19(14)25-22(29)16-3-2-10-28(12-16)13-20-26-21(27-30-20)15-4-6-17(23)7-5-15/h4-9,11,16H,2-3,10,12-13H2,1H3,(H,25,29). The van der Waals surface area contributed by atoms with Crippen molar-refractivity contribution in [1.29, 1.82) is 0 Å². The van der Waals surface area contributed by atoms with E-state index in [2.05, 4.69) is 36.3 Å². The first-order valence-electron chi connectivity index (χ1n) is 9.86. The molecule has 1 unspecified atom stereocenters. The fourth-order valence-corrected chi connectivity index (χ4v) is 4.13. The largest absolute Gasteiger partial charge is 0.338 e. The number of hydrogen-bond acceptors (Lipinski definition) is 5. The van der Waals surface area contributed by atoms with Crippen molar-refractivity contribution in [3.63, 3.8) is 0 Å². The Bertz CT molecular complexity index is 1040. The van der Waals surface area contributed by atoms with E-state index in [9.17, 15) is 4.79 Å². The van der Waals surface area contributed by atoms with Crippen molar-refractivity contribution in [3.8, 4) is 11.4 Å². The lowest BCUT2D eigenvalue weighted by molar-refractivity contribution is -0.121. The summed E-state index contributed by atoms with van der Waals surface area (Å²) in [5.74, 6) is 1.08. The van der Waals surface area contributed by atoms with Crippen LogP contribution in [0.3, 0.4) is 0 Å². The summed E-state index contributed by atoms with van der Waals surface area (Å²) >= 11 is 9.43. The van der Waals surface area contributed by atoms with Crippen molar-refractivity contribution in [3.05, 3.63) is 63.4 Å². The van der Waals surface area contributed by atoms with Gasteiger partial charge in [-0.05, 0) is 74.3 Å². The second-order valence-electron chi connectivity index (χ2n) is 7.54. The number of piperidine rings is 1. The van der Waals surface area contributed by atoms with Gasteiger partial charge in [0.05, 0.1) is 12.5 Å². The molecule has 3 aromatic rings. The van der Waals surface area contributed by atoms with Gasteiger partial charge < -0.3 is 9.84 Å². The zero-order chi connectivity index (χ0) is 21.1. The van der Waals surface area contributed by atoms with Crippen LogP contribution < -0.4 is 5.32 Å². The van der Waals surface area contributed by atoms with E-state index in [-0.39, 0.29) is 11.8 Å². The van der Waals surface area contributed by atoms with E-state index in [1.54, 1.807) is 6.07 Å². The number of aryl methyl sites for hydroxylation is 1. The van der Waals surface area contributed by atoms with Crippen LogP contribution in [-0.2, 0) is 11.3 Å². The molecular formula is C22H22BrClN4O2. The molecule has 1 fully saturated rings. The van der Waals surface area contributed by atoms with Crippen LogP contribution in [0.5, 0.6) is 0 Å². The van der Waals surface area contributed by atoms with E-state index in [0.717, 1.165) is 40.7 Å². The molecule has 1 aromatic heterocycles. The number of amides is 1. The number of anilines is 1. The lowest BCUT2D eigenvalue weighted by Crippen LogP contribution is -2.40. The lowest BCUT2D eigenvalue weighted by Gasteiger charge is -2.31. The van der Waals surface area contributed by atoms with E-state index in [4.69, 9.17) is 16.1 Å². The number of likely N-dealkylation sites (tertiary alicyclic amines) is 1. The maximum atomic E-state index is 12.8. The van der Waals surface area contributed by atoms with Crippen molar-refractivity contribution in [2.75, 3.05) is 18.4 Å². The predicted molar refractivity (Wildman–Crippen MR) is 120 cm³/mol. The van der Waals surface area contributed by atoms with Gasteiger partial charge in [0.2, 0.25) is 17.6 Å². The highest BCUT2D eigenvalue weighted by atomic mass is 79.9. The second-order valence-corrected chi connectivity index (χ2v) is 8.89. The second kappa shape index (κ2) is 9.29. The molecule has 2 aromatic carbocycles. The van der Waals surface area contributed by atoms with E-state index >= 15 is 0 Å². The highest BCUT2D eigenvalue weighted by Crippen LogP contribution is 2.24. The van der Waals surface area contributed by atoms with E-state index in [1.807, 2.05) is 43.3 Å². The van der Waals surface area contributed by atoms with Crippen LogP contribution in [0.2, 0.25) is 5.02 Å². The molecule has 0 saturated carbocycles. The van der Waals surface area contributed by atoms with Crippen molar-refractivity contribution in [2.24, 2.45) is 5.92 Å². The predicted octanol–water partition coefficient (Wildman–Crippen LogP) is 5.31. The Hall–Kier alpha value is -2.22. The third-order valence-electron chi connectivity index (χ3n) is 5.25. The first-order valence-corrected chi connectivity index (χ1v) is 11.0. The van der Waals surface area contributed by atoms with E-state index in [1.165, 1.54) is 0 Å². The molecule has 30 heavy (non-hydrogen) atoms. The molecule has 6 nitrogen and oxygen atoms in total. The van der Waals surface area contributed by atoms with Gasteiger partial charge in [0.15, 0.2) is 0 Å². The van der Waals surface area contributed by atoms with Gasteiger partial charge in [-0.3, -0.25) is 9.69 Å². The van der Waals surface area contributed by atoms with Crippen LogP contribution in [0.15, 0.2) is 51.5 Å². The number of carbonyl (C=O) groups excluding carboxylic acids is 1. The molecular weight excluding hydrogens is 468 g/mol. The highest BCUT2D eigenvalue weighted by molar-refractivity contribution is 9.10. The minimum Gasteiger partial charge on any atom is -0.338 e. The number of benzene rings is 2. The first kappa shape index (κ1) is 21.0. The Labute approximate surface area is 188 Å². The molecule has 0 spiro atoms. The molecule has 1 saturated heterocycles. The third kappa shape index (κ3) is 5.09. The van der Waals surface area contributed by atoms with Gasteiger partial charge >= 0.3 is 0 Å². The van der Waals surface area contributed by atoms with Crippen LogP contribution in [0.25, 0.3) is 11.4 Å². The molecule has 156 valence electrons. The fraction of sp³-hybridized carbons (Fsp3) is 0.318. The quantitative estimate of drug-likeness (QED) is 0.526. The maximum absolute atomic E-state index is 12.8. The summed E-state index contributed by atoms with van der Waals surface area (Å²) in [7, 11) is 0. The van der Waals surface area contributed by atoms with Gasteiger partial charge in [-0.15, -0.1) is 0 Å². The average Bonchev–Trinajstić information content (AvgIpc) is 3.19. The molecule has 4 rings (SSSR count). The zero-order valence-electron chi connectivity index (χ0n) is 16.6. The first-order chi connectivity index (χ1) is 14.5. The van der Waals surface area contributed by atoms with Crippen molar-refractivity contribution in [1.82, 2.24) is 15.0 Å². The summed E-state index contributed by atoms with van der Waals surface area (Å²) in [5.41, 5.74) is 2.66. The van der Waals surface area contributed by atoms with Crippen molar-refractivity contribution < 1.29 is 9.32 Å². The molecule has 2 heterocycles. The fourth-order valence-electron chi connectivity index (χ4n) is 3.64. The normalized spacial score (nSPS) is 17.1. The molecule has 1 N–H and O–H groups in total. The Morgan fingerprint density at radius 3 is 2.87 bits per heavy atom. The summed E-state index contributed by atoms with van der Waals surface area (Å²) < 4.78 is 6.44. The number of aromatic nitrogens is 2. The summed E-state index contributed by atoms with van der Waals surface area (Å²) in [6, 6.07) is 13.3. The van der Waals surface area contributed by atoms with Crippen LogP contribution in [0.4, 0.5) is 5.69 Å². The number of nitrogens with one attached hydrogen (secondary N) is 1. The Kier molecular flexibility index (Phi) is 6.51. The number of hydrogen-bond donors (Lipinski definition) is 1. The maximum Gasteiger partial charge on any atom is 0.241 e. The molecule has 0 aliphatic carbocycles. The van der Waals surface area contributed by atoms with Crippen LogP contribution in [0.1, 0.15) is 24.3 Å². The van der Waals surface area contributed by atoms with E-state index < -0.39 is 0 Å². The number of halogens is 2. The van der Waals surface area contributed by atoms with Gasteiger partial charge in [-0.25, -0.2) is 0 Å². The number of carbonyl (C=O) groups is 1. The zero-order valence-corrected chi connectivity index (χ0v) is 18.9. The van der Waals surface area contributed by atoms with Crippen LogP contribution in [0, 0.1) is 12.8 Å². The number of rotatable bonds is 5. The molecule has 0 radical (unpaired) electrons. The molecule has 1 aliphatic rings. The molecule has 0 bridgehead atoms. The summed E-state index contributed by atoms with van der Waals surface area (Å²) in [4.78, 5) is 19.5. The highest BCUT2D eigenvalue weighted by Gasteiger charge is 2.27. The monoisotopic (exact) mass is 488 g/mol. The van der Waals surface area contributed by atoms with Crippen molar-refractivity contribution >= 4 is 39.1 Å². The van der Waals surface area contributed by atoms with Crippen molar-refractivity contribution in [2.45, 2.75) is 26.3 Å². The molecule has 1 atom stereocenters. The van der Waals surface area contributed by atoms with Gasteiger partial charge in [0.25, 0.3) is 0 Å². The topological polar surface area (TPSA) is 71.3 Å².